The molecule has 0 atom stereocenters. The van der Waals surface area contributed by atoms with E-state index in [-0.39, 0.29) is 0 Å². The molecule has 4 heteroatoms. The predicted octanol–water partition coefficient (Wildman–Crippen LogP) is 3.30. The van der Waals surface area contributed by atoms with E-state index in [2.05, 4.69) is 19.6 Å². The van der Waals surface area contributed by atoms with Crippen molar-refractivity contribution in [3.05, 3.63) is 11.0 Å². The number of halogens is 1. The highest BCUT2D eigenvalue weighted by atomic mass is 35.5. The second-order valence-electron chi connectivity index (χ2n) is 3.47. The number of allylic oxidation sites excluding steroid dienone is 1. The molecule has 0 fully saturated rings. The lowest BCUT2D eigenvalue weighted by Gasteiger charge is -2.21. The maximum absolute atomic E-state index is 5.78. The summed E-state index contributed by atoms with van der Waals surface area (Å²) >= 11 is 5.78. The highest BCUT2D eigenvalue weighted by Crippen LogP contribution is 2.17. The maximum atomic E-state index is 5.78. The van der Waals surface area contributed by atoms with Crippen LogP contribution >= 0.6 is 11.6 Å². The Kier molecular flexibility index (Phi) is 4.71. The first-order valence-corrected chi connectivity index (χ1v) is 7.83. The summed E-state index contributed by atoms with van der Waals surface area (Å²) < 4.78 is 10.8. The van der Waals surface area contributed by atoms with Crippen molar-refractivity contribution in [3.63, 3.8) is 0 Å². The van der Waals surface area contributed by atoms with Crippen LogP contribution in [0.5, 0.6) is 0 Å². The molecule has 0 aliphatic carbocycles. The molecule has 0 heterocycles. The third-order valence-electron chi connectivity index (χ3n) is 0.956. The second-order valence-corrected chi connectivity index (χ2v) is 8.46. The summed E-state index contributed by atoms with van der Waals surface area (Å²) in [4.78, 5) is 0. The number of hydrogen-bond acceptors (Lipinski definition) is 2. The van der Waals surface area contributed by atoms with Crippen molar-refractivity contribution >= 4 is 19.9 Å². The highest BCUT2D eigenvalue weighted by Gasteiger charge is 2.19. The van der Waals surface area contributed by atoms with E-state index >= 15 is 0 Å². The van der Waals surface area contributed by atoms with Gasteiger partial charge in [0.1, 0.15) is 0 Å². The van der Waals surface area contributed by atoms with Crippen LogP contribution in [-0.4, -0.2) is 14.9 Å². The fourth-order valence-corrected chi connectivity index (χ4v) is 1.53. The van der Waals surface area contributed by atoms with Crippen molar-refractivity contribution in [3.8, 4) is 0 Å². The minimum absolute atomic E-state index is 0.485. The van der Waals surface area contributed by atoms with Gasteiger partial charge in [0.25, 0.3) is 5.95 Å². The maximum Gasteiger partial charge on any atom is 0.280 e. The SMILES string of the molecule is CCO/C(O[Si](C)(C)C)=C(/C)Cl. The van der Waals surface area contributed by atoms with E-state index in [9.17, 15) is 0 Å². The first-order chi connectivity index (χ1) is 5.37. The van der Waals surface area contributed by atoms with Crippen molar-refractivity contribution < 1.29 is 9.16 Å². The quantitative estimate of drug-likeness (QED) is 0.522. The Balaban J connectivity index is 4.26. The summed E-state index contributed by atoms with van der Waals surface area (Å²) in [7, 11) is -1.59. The number of hydrogen-bond donors (Lipinski definition) is 0. The van der Waals surface area contributed by atoms with Crippen molar-refractivity contribution in [1.29, 1.82) is 0 Å². The molecule has 0 saturated heterocycles. The van der Waals surface area contributed by atoms with Crippen LogP contribution in [0.25, 0.3) is 0 Å². The van der Waals surface area contributed by atoms with Crippen LogP contribution in [0.2, 0.25) is 19.6 Å². The second kappa shape index (κ2) is 4.77. The number of rotatable bonds is 4. The average Bonchev–Trinajstić information content (AvgIpc) is 1.83. The van der Waals surface area contributed by atoms with E-state index in [4.69, 9.17) is 20.8 Å². The molecule has 0 N–H and O–H groups in total. The van der Waals surface area contributed by atoms with Crippen LogP contribution in [0.4, 0.5) is 0 Å². The summed E-state index contributed by atoms with van der Waals surface area (Å²) in [5, 5.41) is 0.583. The Hall–Kier alpha value is -0.153. The van der Waals surface area contributed by atoms with Crippen LogP contribution < -0.4 is 0 Å². The lowest BCUT2D eigenvalue weighted by molar-refractivity contribution is 0.110. The topological polar surface area (TPSA) is 18.5 Å². The standard InChI is InChI=1S/C8H17ClO2Si/c1-6-10-8(7(2)9)11-12(3,4)5/h6H2,1-5H3/b8-7+. The third-order valence-corrected chi connectivity index (χ3v) is 1.91. The Morgan fingerprint density at radius 1 is 1.33 bits per heavy atom. The van der Waals surface area contributed by atoms with Crippen molar-refractivity contribution in [2.45, 2.75) is 33.5 Å². The van der Waals surface area contributed by atoms with E-state index < -0.39 is 8.32 Å². The van der Waals surface area contributed by atoms with Gasteiger partial charge in [0.05, 0.1) is 11.6 Å². The molecule has 72 valence electrons. The molecule has 0 aromatic rings. The Morgan fingerprint density at radius 3 is 2.08 bits per heavy atom. The van der Waals surface area contributed by atoms with Crippen molar-refractivity contribution in [2.75, 3.05) is 6.61 Å². The van der Waals surface area contributed by atoms with Gasteiger partial charge in [-0.3, -0.25) is 0 Å². The molecule has 0 aliphatic rings. The van der Waals surface area contributed by atoms with Gasteiger partial charge in [-0.25, -0.2) is 0 Å². The van der Waals surface area contributed by atoms with E-state index in [0.717, 1.165) is 0 Å². The first-order valence-electron chi connectivity index (χ1n) is 4.05. The van der Waals surface area contributed by atoms with Gasteiger partial charge in [0.15, 0.2) is 0 Å². The van der Waals surface area contributed by atoms with E-state index in [1.165, 1.54) is 0 Å². The molecule has 0 rings (SSSR count). The zero-order chi connectivity index (χ0) is 9.78. The van der Waals surface area contributed by atoms with Crippen LogP contribution in [0.1, 0.15) is 13.8 Å². The zero-order valence-corrected chi connectivity index (χ0v) is 10.2. The number of ether oxygens (including phenoxy) is 1. The van der Waals surface area contributed by atoms with Gasteiger partial charge in [-0.1, -0.05) is 11.6 Å². The molecule has 0 aromatic heterocycles. The highest BCUT2D eigenvalue weighted by molar-refractivity contribution is 6.70. The molecular formula is C8H17ClO2Si. The lowest BCUT2D eigenvalue weighted by Crippen LogP contribution is -2.26. The molecule has 0 saturated carbocycles. The summed E-state index contributed by atoms with van der Waals surface area (Å²) in [6.07, 6.45) is 0. The molecule has 0 aliphatic heterocycles. The molecule has 0 radical (unpaired) electrons. The molecule has 12 heavy (non-hydrogen) atoms. The average molecular weight is 209 g/mol. The van der Waals surface area contributed by atoms with E-state index in [1.807, 2.05) is 6.92 Å². The minimum atomic E-state index is -1.59. The van der Waals surface area contributed by atoms with Crippen molar-refractivity contribution in [2.24, 2.45) is 0 Å². The monoisotopic (exact) mass is 208 g/mol. The van der Waals surface area contributed by atoms with Crippen molar-refractivity contribution in [1.82, 2.24) is 0 Å². The van der Waals surface area contributed by atoms with Crippen LogP contribution in [0.3, 0.4) is 0 Å². The molecule has 0 spiro atoms. The molecule has 0 bridgehead atoms. The van der Waals surface area contributed by atoms with E-state index in [0.29, 0.717) is 17.6 Å². The van der Waals surface area contributed by atoms with Crippen LogP contribution in [-0.2, 0) is 9.16 Å². The summed E-state index contributed by atoms with van der Waals surface area (Å²) in [5.74, 6) is 0.485. The molecular weight excluding hydrogens is 192 g/mol. The predicted molar refractivity (Wildman–Crippen MR) is 54.6 cm³/mol. The first kappa shape index (κ1) is 11.8. The van der Waals surface area contributed by atoms with Gasteiger partial charge in [-0.05, 0) is 33.5 Å². The minimum Gasteiger partial charge on any atom is -0.519 e. The molecule has 0 amide bonds. The molecule has 0 unspecified atom stereocenters. The van der Waals surface area contributed by atoms with Gasteiger partial charge >= 0.3 is 0 Å². The fraction of sp³-hybridized carbons (Fsp3) is 0.750. The Morgan fingerprint density at radius 2 is 1.83 bits per heavy atom. The normalized spacial score (nSPS) is 13.8. The summed E-state index contributed by atoms with van der Waals surface area (Å²) in [6.45, 7) is 10.5. The van der Waals surface area contributed by atoms with Gasteiger partial charge in [0, 0.05) is 0 Å². The Bertz CT molecular complexity index is 168. The van der Waals surface area contributed by atoms with Gasteiger partial charge in [-0.2, -0.15) is 0 Å². The van der Waals surface area contributed by atoms with Gasteiger partial charge < -0.3 is 9.16 Å². The third kappa shape index (κ3) is 5.49. The summed E-state index contributed by atoms with van der Waals surface area (Å²) in [5.41, 5.74) is 0. The smallest absolute Gasteiger partial charge is 0.280 e. The van der Waals surface area contributed by atoms with Gasteiger partial charge in [-0.15, -0.1) is 0 Å². The fourth-order valence-electron chi connectivity index (χ4n) is 0.608. The van der Waals surface area contributed by atoms with Crippen LogP contribution in [0, 0.1) is 0 Å². The van der Waals surface area contributed by atoms with Crippen LogP contribution in [0.15, 0.2) is 11.0 Å². The summed E-state index contributed by atoms with van der Waals surface area (Å²) in [6, 6.07) is 0. The van der Waals surface area contributed by atoms with E-state index in [1.54, 1.807) is 6.92 Å². The largest absolute Gasteiger partial charge is 0.519 e. The zero-order valence-electron chi connectivity index (χ0n) is 8.40. The Labute approximate surface area is 80.6 Å². The molecule has 2 nitrogen and oxygen atoms in total. The molecule has 0 aromatic carbocycles. The van der Waals surface area contributed by atoms with Gasteiger partial charge in [0.2, 0.25) is 8.32 Å². The lowest BCUT2D eigenvalue weighted by atomic mass is 10.7.